The average Bonchev–Trinajstić information content (AvgIpc) is 2.98. The fourth-order valence-corrected chi connectivity index (χ4v) is 3.19. The number of aliphatic imine (C=N–C) groups is 1. The minimum Gasteiger partial charge on any atom is -0.481 e. The number of benzene rings is 1. The molecule has 1 aromatic carbocycles. The van der Waals surface area contributed by atoms with Crippen molar-refractivity contribution >= 4 is 23.9 Å². The van der Waals surface area contributed by atoms with Gasteiger partial charge in [0, 0.05) is 29.4 Å². The Morgan fingerprint density at radius 1 is 1.30 bits per heavy atom. The van der Waals surface area contributed by atoms with Gasteiger partial charge >= 0.3 is 11.9 Å². The van der Waals surface area contributed by atoms with Crippen LogP contribution in [0.5, 0.6) is 0 Å². The molecule has 2 aromatic rings. The summed E-state index contributed by atoms with van der Waals surface area (Å²) in [4.78, 5) is 40.3. The first-order valence-electron chi connectivity index (χ1n) is 8.61. The molecule has 3 rings (SSSR count). The summed E-state index contributed by atoms with van der Waals surface area (Å²) >= 11 is 0. The van der Waals surface area contributed by atoms with E-state index in [4.69, 9.17) is 14.3 Å². The standard InChI is InChI=1S/C20H19NO6/c1-3-26-20(25)16-11(2)27-19-13-7-5-4-6-12(13)18(24)14(17(16)19)10-21-9-8-15(22)23/h4-7,10,14H,3,8-9H2,1-2H3,(H,22,23)/t14-/m0/s1. The van der Waals surface area contributed by atoms with Crippen molar-refractivity contribution in [3.63, 3.8) is 0 Å². The quantitative estimate of drug-likeness (QED) is 0.619. The van der Waals surface area contributed by atoms with Crippen molar-refractivity contribution in [1.82, 2.24) is 0 Å². The smallest absolute Gasteiger partial charge is 0.342 e. The van der Waals surface area contributed by atoms with Crippen LogP contribution in [-0.2, 0) is 9.53 Å². The van der Waals surface area contributed by atoms with E-state index in [-0.39, 0.29) is 30.9 Å². The van der Waals surface area contributed by atoms with Crippen molar-refractivity contribution < 1.29 is 28.6 Å². The van der Waals surface area contributed by atoms with Gasteiger partial charge in [-0.1, -0.05) is 24.3 Å². The minimum absolute atomic E-state index is 0.0433. The van der Waals surface area contributed by atoms with E-state index in [1.54, 1.807) is 38.1 Å². The molecule has 0 bridgehead atoms. The Labute approximate surface area is 155 Å². The summed E-state index contributed by atoms with van der Waals surface area (Å²) in [6.45, 7) is 3.59. The Hall–Kier alpha value is -3.22. The Bertz CT molecular complexity index is 940. The first-order chi connectivity index (χ1) is 13.0. The van der Waals surface area contributed by atoms with Gasteiger partial charge in [0.1, 0.15) is 17.1 Å². The maximum Gasteiger partial charge on any atom is 0.342 e. The lowest BCUT2D eigenvalue weighted by Gasteiger charge is -2.21. The topological polar surface area (TPSA) is 106 Å². The molecule has 0 saturated carbocycles. The molecule has 0 saturated heterocycles. The van der Waals surface area contributed by atoms with Crippen LogP contribution in [0.2, 0.25) is 0 Å². The Kier molecular flexibility index (Phi) is 5.21. The van der Waals surface area contributed by atoms with Gasteiger partial charge in [-0.05, 0) is 13.8 Å². The van der Waals surface area contributed by atoms with Crippen molar-refractivity contribution in [1.29, 1.82) is 0 Å². The normalized spacial score (nSPS) is 15.5. The predicted octanol–water partition coefficient (Wildman–Crippen LogP) is 3.26. The van der Waals surface area contributed by atoms with Crippen molar-refractivity contribution in [3.05, 3.63) is 46.7 Å². The molecule has 0 radical (unpaired) electrons. The van der Waals surface area contributed by atoms with Crippen LogP contribution in [-0.4, -0.2) is 42.2 Å². The van der Waals surface area contributed by atoms with E-state index in [1.807, 2.05) is 0 Å². The molecule has 0 unspecified atom stereocenters. The number of hydrogen-bond donors (Lipinski definition) is 1. The highest BCUT2D eigenvalue weighted by molar-refractivity contribution is 6.18. The van der Waals surface area contributed by atoms with Crippen LogP contribution in [0.1, 0.15) is 51.3 Å². The van der Waals surface area contributed by atoms with Gasteiger partial charge in [0.2, 0.25) is 0 Å². The molecule has 0 spiro atoms. The highest BCUT2D eigenvalue weighted by Gasteiger charge is 2.39. The van der Waals surface area contributed by atoms with E-state index in [1.165, 1.54) is 6.21 Å². The molecule has 0 fully saturated rings. The zero-order valence-corrected chi connectivity index (χ0v) is 15.0. The maximum atomic E-state index is 13.0. The van der Waals surface area contributed by atoms with E-state index in [2.05, 4.69) is 4.99 Å². The monoisotopic (exact) mass is 369 g/mol. The number of carboxylic acid groups (broad SMARTS) is 1. The number of aryl methyl sites for hydroxylation is 1. The summed E-state index contributed by atoms with van der Waals surface area (Å²) < 4.78 is 11.0. The second-order valence-corrected chi connectivity index (χ2v) is 6.08. The molecule has 140 valence electrons. The summed E-state index contributed by atoms with van der Waals surface area (Å²) in [6.07, 6.45) is 1.26. The van der Waals surface area contributed by atoms with Crippen LogP contribution < -0.4 is 0 Å². The number of Topliss-reactive ketones (excluding diaryl/α,β-unsaturated/α-hetero) is 1. The molecular formula is C20H19NO6. The van der Waals surface area contributed by atoms with Gasteiger partial charge in [-0.25, -0.2) is 4.79 Å². The number of aliphatic carboxylic acids is 1. The number of furan rings is 1. The zero-order valence-electron chi connectivity index (χ0n) is 15.0. The Morgan fingerprint density at radius 3 is 2.67 bits per heavy atom. The van der Waals surface area contributed by atoms with Crippen LogP contribution in [0.4, 0.5) is 0 Å². The van der Waals surface area contributed by atoms with Gasteiger partial charge in [-0.2, -0.15) is 0 Å². The van der Waals surface area contributed by atoms with Gasteiger partial charge in [0.15, 0.2) is 5.78 Å². The van der Waals surface area contributed by atoms with Gasteiger partial charge in [0.25, 0.3) is 0 Å². The summed E-state index contributed by atoms with van der Waals surface area (Å²) in [7, 11) is 0. The summed E-state index contributed by atoms with van der Waals surface area (Å²) in [5, 5.41) is 8.75. The SMILES string of the molecule is CCOC(=O)c1c(C)oc2c1[C@H](C=NCCC(=O)O)C(=O)c1ccccc1-2. The number of ether oxygens (including phenoxy) is 1. The van der Waals surface area contributed by atoms with Crippen LogP contribution in [0.25, 0.3) is 11.3 Å². The Morgan fingerprint density at radius 2 is 2.00 bits per heavy atom. The number of carbonyl (C=O) groups excluding carboxylic acids is 2. The third kappa shape index (κ3) is 3.40. The Balaban J connectivity index is 2.13. The maximum absolute atomic E-state index is 13.0. The van der Waals surface area contributed by atoms with E-state index in [0.29, 0.717) is 28.2 Å². The number of rotatable bonds is 6. The second kappa shape index (κ2) is 7.57. The largest absolute Gasteiger partial charge is 0.481 e. The molecule has 7 heteroatoms. The van der Waals surface area contributed by atoms with E-state index in [9.17, 15) is 14.4 Å². The minimum atomic E-state index is -0.973. The van der Waals surface area contributed by atoms with Crippen molar-refractivity contribution in [3.8, 4) is 11.3 Å². The first kappa shape index (κ1) is 18.6. The number of nitrogens with zero attached hydrogens (tertiary/aromatic N) is 1. The molecule has 1 heterocycles. The lowest BCUT2D eigenvalue weighted by atomic mass is 9.80. The average molecular weight is 369 g/mol. The molecule has 1 atom stereocenters. The van der Waals surface area contributed by atoms with Crippen LogP contribution in [0.15, 0.2) is 33.7 Å². The number of carbonyl (C=O) groups is 3. The summed E-state index contributed by atoms with van der Waals surface area (Å²) in [6, 6.07) is 7.00. The summed E-state index contributed by atoms with van der Waals surface area (Å²) in [5.74, 6) is -1.77. The number of esters is 1. The third-order valence-corrected chi connectivity index (χ3v) is 4.34. The summed E-state index contributed by atoms with van der Waals surface area (Å²) in [5.41, 5.74) is 1.74. The third-order valence-electron chi connectivity index (χ3n) is 4.34. The number of ketones is 1. The first-order valence-corrected chi connectivity index (χ1v) is 8.61. The molecule has 1 N–H and O–H groups in total. The fourth-order valence-electron chi connectivity index (χ4n) is 3.19. The second-order valence-electron chi connectivity index (χ2n) is 6.08. The predicted molar refractivity (Wildman–Crippen MR) is 97.5 cm³/mol. The lowest BCUT2D eigenvalue weighted by molar-refractivity contribution is -0.136. The van der Waals surface area contributed by atoms with E-state index < -0.39 is 17.9 Å². The molecule has 0 amide bonds. The lowest BCUT2D eigenvalue weighted by Crippen LogP contribution is -2.22. The van der Waals surface area contributed by atoms with Gasteiger partial charge in [-0.15, -0.1) is 0 Å². The molecule has 0 aliphatic heterocycles. The van der Waals surface area contributed by atoms with Crippen molar-refractivity contribution in [2.45, 2.75) is 26.2 Å². The highest BCUT2D eigenvalue weighted by atomic mass is 16.5. The molecule has 7 nitrogen and oxygen atoms in total. The van der Waals surface area contributed by atoms with Crippen molar-refractivity contribution in [2.75, 3.05) is 13.2 Å². The zero-order chi connectivity index (χ0) is 19.6. The van der Waals surface area contributed by atoms with E-state index in [0.717, 1.165) is 0 Å². The number of hydrogen-bond acceptors (Lipinski definition) is 6. The molecular weight excluding hydrogens is 350 g/mol. The molecule has 1 aliphatic carbocycles. The molecule has 1 aliphatic rings. The molecule has 27 heavy (non-hydrogen) atoms. The van der Waals surface area contributed by atoms with Gasteiger partial charge in [-0.3, -0.25) is 14.6 Å². The van der Waals surface area contributed by atoms with E-state index >= 15 is 0 Å². The van der Waals surface area contributed by atoms with Crippen LogP contribution >= 0.6 is 0 Å². The number of fused-ring (bicyclic) bond motifs is 3. The number of carboxylic acids is 1. The van der Waals surface area contributed by atoms with Crippen molar-refractivity contribution in [2.24, 2.45) is 4.99 Å². The highest BCUT2D eigenvalue weighted by Crippen LogP contribution is 2.43. The van der Waals surface area contributed by atoms with Crippen LogP contribution in [0.3, 0.4) is 0 Å². The molecule has 1 aromatic heterocycles. The van der Waals surface area contributed by atoms with Gasteiger partial charge in [0.05, 0.1) is 18.9 Å². The van der Waals surface area contributed by atoms with Crippen LogP contribution in [0, 0.1) is 6.92 Å². The fraction of sp³-hybridized carbons (Fsp3) is 0.300. The van der Waals surface area contributed by atoms with Gasteiger partial charge < -0.3 is 14.3 Å².